The smallest absolute Gasteiger partial charge is 0.305 e. The Labute approximate surface area is 137 Å². The Kier molecular flexibility index (Phi) is 5.79. The van der Waals surface area contributed by atoms with Crippen molar-refractivity contribution in [1.29, 1.82) is 0 Å². The quantitative estimate of drug-likeness (QED) is 0.570. The number of rotatable bonds is 6. The van der Waals surface area contributed by atoms with Crippen molar-refractivity contribution in [2.45, 2.75) is 71.5 Å². The molecule has 1 aliphatic carbocycles. The second-order valence-corrected chi connectivity index (χ2v) is 7.77. The molecule has 5 N–H and O–H groups in total. The van der Waals surface area contributed by atoms with Crippen LogP contribution in [0.1, 0.15) is 53.9 Å². The van der Waals surface area contributed by atoms with Gasteiger partial charge >= 0.3 is 5.97 Å². The number of aliphatic carboxylic acids is 1. The highest BCUT2D eigenvalue weighted by Gasteiger charge is 2.43. The summed E-state index contributed by atoms with van der Waals surface area (Å²) < 4.78 is 0. The number of carbonyl (C=O) groups is 3. The van der Waals surface area contributed by atoms with E-state index in [9.17, 15) is 14.4 Å². The molecule has 1 fully saturated rings. The molecule has 2 amide bonds. The number of amides is 2. The molecule has 7 nitrogen and oxygen atoms in total. The zero-order valence-corrected chi connectivity index (χ0v) is 14.6. The van der Waals surface area contributed by atoms with E-state index in [2.05, 4.69) is 31.4 Å². The van der Waals surface area contributed by atoms with E-state index in [4.69, 9.17) is 10.8 Å². The van der Waals surface area contributed by atoms with Gasteiger partial charge in [-0.1, -0.05) is 20.8 Å². The highest BCUT2D eigenvalue weighted by molar-refractivity contribution is 5.93. The first-order valence-electron chi connectivity index (χ1n) is 7.97. The molecule has 0 aromatic carbocycles. The molecule has 1 rings (SSSR count). The van der Waals surface area contributed by atoms with Gasteiger partial charge in [0, 0.05) is 6.04 Å². The van der Waals surface area contributed by atoms with Gasteiger partial charge in [0.25, 0.3) is 0 Å². The predicted octanol–water partition coefficient (Wildman–Crippen LogP) is 0.624. The Morgan fingerprint density at radius 2 is 1.91 bits per heavy atom. The van der Waals surface area contributed by atoms with E-state index in [1.165, 1.54) is 0 Å². The molecular weight excluding hydrogens is 298 g/mol. The lowest BCUT2D eigenvalue weighted by Gasteiger charge is -2.34. The van der Waals surface area contributed by atoms with Crippen LogP contribution in [0, 0.1) is 11.3 Å². The van der Waals surface area contributed by atoms with Crippen molar-refractivity contribution in [3.63, 3.8) is 0 Å². The summed E-state index contributed by atoms with van der Waals surface area (Å²) in [6, 6.07) is -1.14. The Morgan fingerprint density at radius 3 is 2.35 bits per heavy atom. The second-order valence-electron chi connectivity index (χ2n) is 7.77. The average Bonchev–Trinajstić information content (AvgIpc) is 2.64. The van der Waals surface area contributed by atoms with Crippen molar-refractivity contribution in [3.05, 3.63) is 0 Å². The normalized spacial score (nSPS) is 24.8. The summed E-state index contributed by atoms with van der Waals surface area (Å²) in [7, 11) is 0. The molecule has 0 aromatic rings. The number of carboxylic acids is 1. The van der Waals surface area contributed by atoms with Crippen molar-refractivity contribution < 1.29 is 19.5 Å². The zero-order valence-electron chi connectivity index (χ0n) is 14.6. The second kappa shape index (κ2) is 6.86. The maximum Gasteiger partial charge on any atom is 0.305 e. The van der Waals surface area contributed by atoms with E-state index in [1.807, 2.05) is 0 Å². The van der Waals surface area contributed by atoms with E-state index in [0.29, 0.717) is 5.92 Å². The van der Waals surface area contributed by atoms with Crippen LogP contribution in [0.3, 0.4) is 0 Å². The van der Waals surface area contributed by atoms with E-state index >= 15 is 0 Å². The van der Waals surface area contributed by atoms with Crippen molar-refractivity contribution in [1.82, 2.24) is 10.6 Å². The van der Waals surface area contributed by atoms with Crippen molar-refractivity contribution in [3.8, 4) is 0 Å². The monoisotopic (exact) mass is 327 g/mol. The van der Waals surface area contributed by atoms with Crippen LogP contribution >= 0.6 is 0 Å². The molecule has 7 heteroatoms. The van der Waals surface area contributed by atoms with Gasteiger partial charge in [-0.25, -0.2) is 0 Å². The third-order valence-corrected chi connectivity index (χ3v) is 4.68. The van der Waals surface area contributed by atoms with Gasteiger partial charge in [0.15, 0.2) is 0 Å². The average molecular weight is 327 g/mol. The first-order valence-corrected chi connectivity index (χ1v) is 7.97. The maximum atomic E-state index is 12.6. The number of carbonyl (C=O) groups excluding carboxylic acids is 2. The van der Waals surface area contributed by atoms with Gasteiger partial charge in [-0.05, 0) is 38.0 Å². The summed E-state index contributed by atoms with van der Waals surface area (Å²) in [5.41, 5.74) is 4.38. The standard InChI is InChI=1S/C16H29N3O4/c1-9-6-7-15(2,3)12(9)18-14(23)16(4,5)19-13(22)10(17)8-11(20)21/h9-10,12H,6-8,17H2,1-5H3,(H,18,23)(H,19,22)(H,20,21)/t9?,10-,12?/m0/s1. The summed E-state index contributed by atoms with van der Waals surface area (Å²) in [6.45, 7) is 9.51. The fourth-order valence-corrected chi connectivity index (χ4v) is 3.09. The SMILES string of the molecule is CC1CCC(C)(C)C1NC(=O)C(C)(C)NC(=O)[C@@H](N)CC(=O)O. The Morgan fingerprint density at radius 1 is 1.35 bits per heavy atom. The third-order valence-electron chi connectivity index (χ3n) is 4.68. The van der Waals surface area contributed by atoms with Crippen molar-refractivity contribution >= 4 is 17.8 Å². The summed E-state index contributed by atoms with van der Waals surface area (Å²) >= 11 is 0. The minimum atomic E-state index is -1.18. The van der Waals surface area contributed by atoms with Crippen LogP contribution in [-0.4, -0.2) is 40.5 Å². The molecule has 23 heavy (non-hydrogen) atoms. The minimum Gasteiger partial charge on any atom is -0.481 e. The molecule has 0 spiro atoms. The third kappa shape index (κ3) is 4.92. The first-order chi connectivity index (χ1) is 10.4. The van der Waals surface area contributed by atoms with Gasteiger partial charge < -0.3 is 21.5 Å². The van der Waals surface area contributed by atoms with Crippen LogP contribution in [0.15, 0.2) is 0 Å². The molecule has 1 aliphatic rings. The highest BCUT2D eigenvalue weighted by Crippen LogP contribution is 2.41. The summed E-state index contributed by atoms with van der Waals surface area (Å²) in [4.78, 5) is 35.1. The number of hydrogen-bond acceptors (Lipinski definition) is 4. The van der Waals surface area contributed by atoms with Crippen molar-refractivity contribution in [2.75, 3.05) is 0 Å². The van der Waals surface area contributed by atoms with E-state index in [1.54, 1.807) is 13.8 Å². The molecule has 0 radical (unpaired) electrons. The number of nitrogens with one attached hydrogen (secondary N) is 2. The van der Waals surface area contributed by atoms with Crippen LogP contribution in [0.2, 0.25) is 0 Å². The summed E-state index contributed by atoms with van der Waals surface area (Å²) in [6.07, 6.45) is 1.61. The maximum absolute atomic E-state index is 12.6. The Balaban J connectivity index is 2.70. The molecular formula is C16H29N3O4. The van der Waals surface area contributed by atoms with Crippen LogP contribution < -0.4 is 16.4 Å². The molecule has 0 saturated heterocycles. The van der Waals surface area contributed by atoms with Crippen LogP contribution in [0.4, 0.5) is 0 Å². The van der Waals surface area contributed by atoms with Gasteiger partial charge in [-0.15, -0.1) is 0 Å². The fourth-order valence-electron chi connectivity index (χ4n) is 3.09. The van der Waals surface area contributed by atoms with Gasteiger partial charge in [0.2, 0.25) is 11.8 Å². The van der Waals surface area contributed by atoms with Crippen LogP contribution in [-0.2, 0) is 14.4 Å². The van der Waals surface area contributed by atoms with Gasteiger partial charge in [-0.2, -0.15) is 0 Å². The molecule has 2 unspecified atom stereocenters. The minimum absolute atomic E-state index is 0.00881. The molecule has 132 valence electrons. The molecule has 0 aromatic heterocycles. The zero-order chi connectivity index (χ0) is 18.0. The fraction of sp³-hybridized carbons (Fsp3) is 0.812. The molecule has 1 saturated carbocycles. The first kappa shape index (κ1) is 19.4. The van der Waals surface area contributed by atoms with Gasteiger partial charge in [-0.3, -0.25) is 14.4 Å². The van der Waals surface area contributed by atoms with E-state index in [-0.39, 0.29) is 17.4 Å². The number of hydrogen-bond donors (Lipinski definition) is 4. The Hall–Kier alpha value is -1.63. The number of nitrogens with two attached hydrogens (primary N) is 1. The van der Waals surface area contributed by atoms with Crippen LogP contribution in [0.5, 0.6) is 0 Å². The molecule has 3 atom stereocenters. The lowest BCUT2D eigenvalue weighted by molar-refractivity contribution is -0.140. The topological polar surface area (TPSA) is 122 Å². The van der Waals surface area contributed by atoms with E-state index < -0.39 is 29.9 Å². The summed E-state index contributed by atoms with van der Waals surface area (Å²) in [5.74, 6) is -1.72. The lowest BCUT2D eigenvalue weighted by Crippen LogP contribution is -2.61. The summed E-state index contributed by atoms with van der Waals surface area (Å²) in [5, 5.41) is 14.2. The largest absolute Gasteiger partial charge is 0.481 e. The molecule has 0 heterocycles. The highest BCUT2D eigenvalue weighted by atomic mass is 16.4. The molecule has 0 bridgehead atoms. The van der Waals surface area contributed by atoms with Gasteiger partial charge in [0.05, 0.1) is 12.5 Å². The van der Waals surface area contributed by atoms with Gasteiger partial charge in [0.1, 0.15) is 5.54 Å². The van der Waals surface area contributed by atoms with Crippen LogP contribution in [0.25, 0.3) is 0 Å². The number of carboxylic acid groups (broad SMARTS) is 1. The van der Waals surface area contributed by atoms with E-state index in [0.717, 1.165) is 12.8 Å². The predicted molar refractivity (Wildman–Crippen MR) is 86.6 cm³/mol. The Bertz CT molecular complexity index is 488. The molecule has 0 aliphatic heterocycles. The van der Waals surface area contributed by atoms with Crippen molar-refractivity contribution in [2.24, 2.45) is 17.1 Å². The lowest BCUT2D eigenvalue weighted by atomic mass is 9.84.